The lowest BCUT2D eigenvalue weighted by Crippen LogP contribution is -2.65. The zero-order chi connectivity index (χ0) is 15.6. The molecule has 0 bridgehead atoms. The highest BCUT2D eigenvalue weighted by atomic mass is 32.1. The molecule has 0 spiro atoms. The monoisotopic (exact) mass is 306 g/mol. The van der Waals surface area contributed by atoms with Crippen molar-refractivity contribution in [2.75, 3.05) is 13.2 Å². The quantitative estimate of drug-likeness (QED) is 0.563. The Morgan fingerprint density at radius 1 is 1.48 bits per heavy atom. The van der Waals surface area contributed by atoms with Gasteiger partial charge >= 0.3 is 0 Å². The van der Waals surface area contributed by atoms with Crippen molar-refractivity contribution in [1.82, 2.24) is 10.2 Å². The van der Waals surface area contributed by atoms with Gasteiger partial charge in [-0.2, -0.15) is 0 Å². The summed E-state index contributed by atoms with van der Waals surface area (Å²) in [7, 11) is 0. The lowest BCUT2D eigenvalue weighted by atomic mass is 9.98. The standard InChI is InChI=1S/C14H14N2O4S/c1-14(2)13(20)15-11(18)8-16(14)12(19)10-6-5-9(21-10)4-3-7-17/h5-6,17H,7-8H2,1-2H3,(H,15,18,20). The Kier molecular flexibility index (Phi) is 4.11. The lowest BCUT2D eigenvalue weighted by molar-refractivity contribution is -0.143. The summed E-state index contributed by atoms with van der Waals surface area (Å²) < 4.78 is 0. The molecule has 0 atom stereocenters. The predicted molar refractivity (Wildman–Crippen MR) is 76.5 cm³/mol. The van der Waals surface area contributed by atoms with Gasteiger partial charge in [0.25, 0.3) is 11.8 Å². The number of imide groups is 1. The Balaban J connectivity index is 2.28. The minimum atomic E-state index is -1.09. The molecular formula is C14H14N2O4S. The maximum atomic E-state index is 12.5. The van der Waals surface area contributed by atoms with Gasteiger partial charge in [0, 0.05) is 0 Å². The van der Waals surface area contributed by atoms with Crippen LogP contribution in [0.5, 0.6) is 0 Å². The van der Waals surface area contributed by atoms with Gasteiger partial charge in [-0.1, -0.05) is 11.8 Å². The van der Waals surface area contributed by atoms with Gasteiger partial charge in [0.2, 0.25) is 5.91 Å². The molecule has 21 heavy (non-hydrogen) atoms. The Bertz CT molecular complexity index is 666. The van der Waals surface area contributed by atoms with Crippen molar-refractivity contribution in [1.29, 1.82) is 0 Å². The molecule has 3 amide bonds. The van der Waals surface area contributed by atoms with Crippen LogP contribution in [0.2, 0.25) is 0 Å². The van der Waals surface area contributed by atoms with E-state index in [4.69, 9.17) is 5.11 Å². The van der Waals surface area contributed by atoms with Gasteiger partial charge in [0.1, 0.15) is 18.7 Å². The molecule has 0 radical (unpaired) electrons. The van der Waals surface area contributed by atoms with Gasteiger partial charge in [0.05, 0.1) is 9.75 Å². The lowest BCUT2D eigenvalue weighted by Gasteiger charge is -2.39. The minimum Gasteiger partial charge on any atom is -0.384 e. The van der Waals surface area contributed by atoms with Crippen LogP contribution in [0.15, 0.2) is 12.1 Å². The molecule has 0 aliphatic carbocycles. The zero-order valence-corrected chi connectivity index (χ0v) is 12.4. The van der Waals surface area contributed by atoms with E-state index in [0.29, 0.717) is 9.75 Å². The number of piperazine rings is 1. The van der Waals surface area contributed by atoms with E-state index in [-0.39, 0.29) is 19.1 Å². The molecule has 1 aromatic heterocycles. The summed E-state index contributed by atoms with van der Waals surface area (Å²) in [5.74, 6) is 3.84. The Morgan fingerprint density at radius 2 is 2.19 bits per heavy atom. The molecule has 6 nitrogen and oxygen atoms in total. The second-order valence-electron chi connectivity index (χ2n) is 4.95. The summed E-state index contributed by atoms with van der Waals surface area (Å²) in [4.78, 5) is 38.1. The molecule has 1 fully saturated rings. The average Bonchev–Trinajstić information content (AvgIpc) is 2.89. The van der Waals surface area contributed by atoms with E-state index in [9.17, 15) is 14.4 Å². The maximum Gasteiger partial charge on any atom is 0.265 e. The van der Waals surface area contributed by atoms with E-state index in [1.165, 1.54) is 4.90 Å². The third-order valence-electron chi connectivity index (χ3n) is 3.14. The first-order valence-electron chi connectivity index (χ1n) is 6.22. The first kappa shape index (κ1) is 15.2. The summed E-state index contributed by atoms with van der Waals surface area (Å²) in [6.45, 7) is 2.77. The van der Waals surface area contributed by atoms with E-state index < -0.39 is 17.4 Å². The van der Waals surface area contributed by atoms with Gasteiger partial charge in [-0.25, -0.2) is 0 Å². The van der Waals surface area contributed by atoms with Crippen LogP contribution >= 0.6 is 11.3 Å². The number of amides is 3. The number of carbonyl (C=O) groups is 3. The third-order valence-corrected chi connectivity index (χ3v) is 4.13. The SMILES string of the molecule is CC1(C)C(=O)NC(=O)CN1C(=O)c1ccc(C#CCO)s1. The molecule has 110 valence electrons. The van der Waals surface area contributed by atoms with Crippen molar-refractivity contribution in [3.05, 3.63) is 21.9 Å². The highest BCUT2D eigenvalue weighted by molar-refractivity contribution is 7.14. The van der Waals surface area contributed by atoms with Crippen molar-refractivity contribution < 1.29 is 19.5 Å². The van der Waals surface area contributed by atoms with Crippen LogP contribution in [0.4, 0.5) is 0 Å². The summed E-state index contributed by atoms with van der Waals surface area (Å²) in [6, 6.07) is 3.26. The molecule has 0 aromatic carbocycles. The summed E-state index contributed by atoms with van der Waals surface area (Å²) in [5, 5.41) is 10.9. The van der Waals surface area contributed by atoms with Crippen LogP contribution in [0.25, 0.3) is 0 Å². The van der Waals surface area contributed by atoms with Crippen molar-refractivity contribution in [2.45, 2.75) is 19.4 Å². The van der Waals surface area contributed by atoms with Gasteiger partial charge < -0.3 is 10.0 Å². The molecule has 0 unspecified atom stereocenters. The molecular weight excluding hydrogens is 292 g/mol. The topological polar surface area (TPSA) is 86.7 Å². The number of hydrogen-bond donors (Lipinski definition) is 2. The van der Waals surface area contributed by atoms with Crippen molar-refractivity contribution >= 4 is 29.1 Å². The second kappa shape index (κ2) is 5.68. The van der Waals surface area contributed by atoms with E-state index in [1.807, 2.05) is 0 Å². The Morgan fingerprint density at radius 3 is 2.86 bits per heavy atom. The van der Waals surface area contributed by atoms with Crippen molar-refractivity contribution in [3.63, 3.8) is 0 Å². The second-order valence-corrected chi connectivity index (χ2v) is 6.04. The van der Waals surface area contributed by atoms with E-state index >= 15 is 0 Å². The number of nitrogens with one attached hydrogen (secondary N) is 1. The third kappa shape index (κ3) is 2.96. The van der Waals surface area contributed by atoms with Crippen LogP contribution in [0.3, 0.4) is 0 Å². The largest absolute Gasteiger partial charge is 0.384 e. The summed E-state index contributed by atoms with van der Waals surface area (Å²) >= 11 is 1.16. The number of aliphatic hydroxyl groups is 1. The van der Waals surface area contributed by atoms with Crippen LogP contribution in [-0.2, 0) is 9.59 Å². The van der Waals surface area contributed by atoms with Crippen LogP contribution in [-0.4, -0.2) is 46.4 Å². The number of hydrogen-bond acceptors (Lipinski definition) is 5. The molecule has 2 rings (SSSR count). The van der Waals surface area contributed by atoms with Gasteiger partial charge in [-0.05, 0) is 26.0 Å². The molecule has 1 aromatic rings. The Hall–Kier alpha value is -2.17. The van der Waals surface area contributed by atoms with E-state index in [2.05, 4.69) is 17.2 Å². The fraction of sp³-hybridized carbons (Fsp3) is 0.357. The fourth-order valence-electron chi connectivity index (χ4n) is 1.89. The molecule has 2 heterocycles. The number of aliphatic hydroxyl groups excluding tert-OH is 1. The van der Waals surface area contributed by atoms with Crippen molar-refractivity contribution in [2.24, 2.45) is 0 Å². The van der Waals surface area contributed by atoms with E-state index in [1.54, 1.807) is 26.0 Å². The highest BCUT2D eigenvalue weighted by Crippen LogP contribution is 2.24. The molecule has 0 saturated carbocycles. The number of thiophene rings is 1. The zero-order valence-electron chi connectivity index (χ0n) is 11.6. The molecule has 1 aliphatic heterocycles. The highest BCUT2D eigenvalue weighted by Gasteiger charge is 2.44. The maximum absolute atomic E-state index is 12.5. The predicted octanol–water partition coefficient (Wildman–Crippen LogP) is -0.0309. The van der Waals surface area contributed by atoms with E-state index in [0.717, 1.165) is 11.3 Å². The molecule has 1 aliphatic rings. The number of carbonyl (C=O) groups excluding carboxylic acids is 3. The first-order valence-corrected chi connectivity index (χ1v) is 7.03. The van der Waals surface area contributed by atoms with Crippen LogP contribution < -0.4 is 5.32 Å². The minimum absolute atomic E-state index is 0.160. The summed E-state index contributed by atoms with van der Waals surface area (Å²) in [6.07, 6.45) is 0. The fourth-order valence-corrected chi connectivity index (χ4v) is 2.72. The number of nitrogens with zero attached hydrogens (tertiary/aromatic N) is 1. The van der Waals surface area contributed by atoms with Gasteiger partial charge in [-0.15, -0.1) is 11.3 Å². The van der Waals surface area contributed by atoms with Crippen molar-refractivity contribution in [3.8, 4) is 11.8 Å². The van der Waals surface area contributed by atoms with Gasteiger partial charge in [0.15, 0.2) is 0 Å². The van der Waals surface area contributed by atoms with Crippen LogP contribution in [0, 0.1) is 11.8 Å². The average molecular weight is 306 g/mol. The Labute approximate surface area is 125 Å². The molecule has 2 N–H and O–H groups in total. The molecule has 1 saturated heterocycles. The normalized spacial score (nSPS) is 17.0. The first-order chi connectivity index (χ1) is 9.86. The smallest absolute Gasteiger partial charge is 0.265 e. The van der Waals surface area contributed by atoms with Gasteiger partial charge in [-0.3, -0.25) is 19.7 Å². The molecule has 7 heteroatoms. The van der Waals surface area contributed by atoms with Crippen LogP contribution in [0.1, 0.15) is 28.4 Å². The number of rotatable bonds is 1. The summed E-state index contributed by atoms with van der Waals surface area (Å²) in [5.41, 5.74) is -1.09.